The van der Waals surface area contributed by atoms with Crippen LogP contribution in [0.1, 0.15) is 39.2 Å². The van der Waals surface area contributed by atoms with Gasteiger partial charge in [0.2, 0.25) is 0 Å². The van der Waals surface area contributed by atoms with Gasteiger partial charge in [0.25, 0.3) is 0 Å². The summed E-state index contributed by atoms with van der Waals surface area (Å²) in [6, 6.07) is 6.63. The molecule has 0 radical (unpaired) electrons. The summed E-state index contributed by atoms with van der Waals surface area (Å²) < 4.78 is 11.0. The molecule has 1 unspecified atom stereocenters. The van der Waals surface area contributed by atoms with Crippen molar-refractivity contribution in [1.82, 2.24) is 0 Å². The fourth-order valence-electron chi connectivity index (χ4n) is 3.06. The predicted molar refractivity (Wildman–Crippen MR) is 91.2 cm³/mol. The lowest BCUT2D eigenvalue weighted by molar-refractivity contribution is 0.0578. The summed E-state index contributed by atoms with van der Waals surface area (Å²) in [6.07, 6.45) is 2.73. The first-order chi connectivity index (χ1) is 10.9. The van der Waals surface area contributed by atoms with Crippen molar-refractivity contribution in [2.24, 2.45) is 0 Å². The quantitative estimate of drug-likeness (QED) is 0.905. The van der Waals surface area contributed by atoms with Crippen LogP contribution in [0.5, 0.6) is 0 Å². The van der Waals surface area contributed by atoms with Gasteiger partial charge in [0.15, 0.2) is 0 Å². The van der Waals surface area contributed by atoms with Crippen LogP contribution in [0.4, 0.5) is 16.2 Å². The summed E-state index contributed by atoms with van der Waals surface area (Å²) in [5, 5.41) is 3.49. The van der Waals surface area contributed by atoms with E-state index in [0.29, 0.717) is 12.6 Å². The third-order valence-electron chi connectivity index (χ3n) is 4.12. The van der Waals surface area contributed by atoms with Gasteiger partial charge < -0.3 is 14.8 Å². The highest BCUT2D eigenvalue weighted by Gasteiger charge is 2.27. The first kappa shape index (κ1) is 16.1. The molecule has 0 spiro atoms. The van der Waals surface area contributed by atoms with Gasteiger partial charge in [0.1, 0.15) is 5.60 Å². The summed E-state index contributed by atoms with van der Waals surface area (Å²) in [5.41, 5.74) is 2.73. The molecule has 0 bridgehead atoms. The molecule has 0 aliphatic carbocycles. The predicted octanol–water partition coefficient (Wildman–Crippen LogP) is 3.58. The Hall–Kier alpha value is -1.75. The standard InChI is InChI=1S/C18H26N2O3/c1-18(2,3)23-17(21)20-9-4-5-13-6-7-14(11-16(13)20)19-15-8-10-22-12-15/h6-7,11,15,19H,4-5,8-10,12H2,1-3H3. The topological polar surface area (TPSA) is 50.8 Å². The Balaban J connectivity index is 1.79. The molecule has 1 amide bonds. The Morgan fingerprint density at radius 3 is 2.91 bits per heavy atom. The first-order valence-corrected chi connectivity index (χ1v) is 8.40. The van der Waals surface area contributed by atoms with Crippen LogP contribution in [0.2, 0.25) is 0 Å². The molecular weight excluding hydrogens is 292 g/mol. The molecule has 2 heterocycles. The van der Waals surface area contributed by atoms with E-state index in [4.69, 9.17) is 9.47 Å². The van der Waals surface area contributed by atoms with Crippen LogP contribution in [0.25, 0.3) is 0 Å². The van der Waals surface area contributed by atoms with Gasteiger partial charge in [-0.3, -0.25) is 4.90 Å². The number of nitrogens with zero attached hydrogens (tertiary/aromatic N) is 1. The molecule has 1 N–H and O–H groups in total. The minimum absolute atomic E-state index is 0.264. The van der Waals surface area contributed by atoms with Gasteiger partial charge in [0.05, 0.1) is 18.3 Å². The van der Waals surface area contributed by atoms with Crippen LogP contribution in [0.15, 0.2) is 18.2 Å². The van der Waals surface area contributed by atoms with Crippen molar-refractivity contribution >= 4 is 17.5 Å². The highest BCUT2D eigenvalue weighted by atomic mass is 16.6. The summed E-state index contributed by atoms with van der Waals surface area (Å²) in [4.78, 5) is 14.3. The lowest BCUT2D eigenvalue weighted by Gasteiger charge is -2.32. The van der Waals surface area contributed by atoms with Crippen LogP contribution < -0.4 is 10.2 Å². The number of aryl methyl sites for hydroxylation is 1. The van der Waals surface area contributed by atoms with Gasteiger partial charge in [0, 0.05) is 18.8 Å². The molecule has 126 valence electrons. The first-order valence-electron chi connectivity index (χ1n) is 8.40. The highest BCUT2D eigenvalue weighted by Crippen LogP contribution is 2.31. The van der Waals surface area contributed by atoms with E-state index in [1.807, 2.05) is 20.8 Å². The van der Waals surface area contributed by atoms with E-state index in [2.05, 4.69) is 23.5 Å². The van der Waals surface area contributed by atoms with Crippen molar-refractivity contribution in [3.05, 3.63) is 23.8 Å². The molecule has 5 nitrogen and oxygen atoms in total. The second-order valence-corrected chi connectivity index (χ2v) is 7.28. The van der Waals surface area contributed by atoms with Gasteiger partial charge in [-0.15, -0.1) is 0 Å². The molecule has 2 aliphatic heterocycles. The van der Waals surface area contributed by atoms with E-state index in [-0.39, 0.29) is 6.09 Å². The summed E-state index contributed by atoms with van der Waals surface area (Å²) in [7, 11) is 0. The monoisotopic (exact) mass is 318 g/mol. The van der Waals surface area contributed by atoms with Crippen LogP contribution >= 0.6 is 0 Å². The van der Waals surface area contributed by atoms with Crippen LogP contribution in [-0.4, -0.2) is 37.5 Å². The number of nitrogens with one attached hydrogen (secondary N) is 1. The van der Waals surface area contributed by atoms with E-state index in [1.54, 1.807) is 4.90 Å². The maximum Gasteiger partial charge on any atom is 0.414 e. The minimum atomic E-state index is -0.480. The molecule has 1 fully saturated rings. The zero-order chi connectivity index (χ0) is 16.4. The third-order valence-corrected chi connectivity index (χ3v) is 4.12. The SMILES string of the molecule is CC(C)(C)OC(=O)N1CCCc2ccc(NC3CCOC3)cc21. The van der Waals surface area contributed by atoms with E-state index in [0.717, 1.165) is 43.9 Å². The van der Waals surface area contributed by atoms with Crippen molar-refractivity contribution in [3.8, 4) is 0 Å². The fourth-order valence-corrected chi connectivity index (χ4v) is 3.06. The smallest absolute Gasteiger partial charge is 0.414 e. The number of carbonyl (C=O) groups is 1. The Labute approximate surface area is 137 Å². The number of benzene rings is 1. The maximum atomic E-state index is 12.5. The van der Waals surface area contributed by atoms with Gasteiger partial charge >= 0.3 is 6.09 Å². The summed E-state index contributed by atoms with van der Waals surface area (Å²) >= 11 is 0. The van der Waals surface area contributed by atoms with Crippen LogP contribution in [-0.2, 0) is 15.9 Å². The molecular formula is C18H26N2O3. The highest BCUT2D eigenvalue weighted by molar-refractivity contribution is 5.90. The normalized spacial score (nSPS) is 21.0. The second kappa shape index (κ2) is 6.40. The second-order valence-electron chi connectivity index (χ2n) is 7.28. The molecule has 2 aliphatic rings. The van der Waals surface area contributed by atoms with Gasteiger partial charge in [-0.2, -0.15) is 0 Å². The van der Waals surface area contributed by atoms with E-state index in [9.17, 15) is 4.79 Å². The zero-order valence-electron chi connectivity index (χ0n) is 14.2. The van der Waals surface area contributed by atoms with E-state index >= 15 is 0 Å². The number of ether oxygens (including phenoxy) is 2. The maximum absolute atomic E-state index is 12.5. The Kier molecular flexibility index (Phi) is 4.48. The Morgan fingerprint density at radius 2 is 2.22 bits per heavy atom. The van der Waals surface area contributed by atoms with Gasteiger partial charge in [-0.1, -0.05) is 6.07 Å². The number of fused-ring (bicyclic) bond motifs is 1. The largest absolute Gasteiger partial charge is 0.443 e. The minimum Gasteiger partial charge on any atom is -0.443 e. The number of hydrogen-bond donors (Lipinski definition) is 1. The average Bonchev–Trinajstić information content (AvgIpc) is 2.97. The van der Waals surface area contributed by atoms with Crippen molar-refractivity contribution in [1.29, 1.82) is 0 Å². The van der Waals surface area contributed by atoms with Crippen molar-refractivity contribution in [2.45, 2.75) is 51.7 Å². The molecule has 1 saturated heterocycles. The molecule has 0 aromatic heterocycles. The van der Waals surface area contributed by atoms with Crippen LogP contribution in [0.3, 0.4) is 0 Å². The molecule has 5 heteroatoms. The molecule has 1 aromatic carbocycles. The molecule has 23 heavy (non-hydrogen) atoms. The number of hydrogen-bond acceptors (Lipinski definition) is 4. The lowest BCUT2D eigenvalue weighted by atomic mass is 10.0. The van der Waals surface area contributed by atoms with Crippen molar-refractivity contribution in [3.63, 3.8) is 0 Å². The molecule has 1 aromatic rings. The number of carbonyl (C=O) groups excluding carboxylic acids is 1. The number of amides is 1. The Morgan fingerprint density at radius 1 is 1.39 bits per heavy atom. The van der Waals surface area contributed by atoms with E-state index in [1.165, 1.54) is 5.56 Å². The fraction of sp³-hybridized carbons (Fsp3) is 0.611. The Bertz CT molecular complexity index is 574. The van der Waals surface area contributed by atoms with Gasteiger partial charge in [-0.05, 0) is 57.7 Å². The molecule has 3 rings (SSSR count). The average molecular weight is 318 g/mol. The number of anilines is 2. The van der Waals surface area contributed by atoms with E-state index < -0.39 is 5.60 Å². The molecule has 1 atom stereocenters. The van der Waals surface area contributed by atoms with Crippen molar-refractivity contribution < 1.29 is 14.3 Å². The van der Waals surface area contributed by atoms with Crippen LogP contribution in [0, 0.1) is 0 Å². The number of rotatable bonds is 2. The van der Waals surface area contributed by atoms with Crippen molar-refractivity contribution in [2.75, 3.05) is 30.0 Å². The summed E-state index contributed by atoms with van der Waals surface area (Å²) in [6.45, 7) is 7.95. The van der Waals surface area contributed by atoms with Gasteiger partial charge in [-0.25, -0.2) is 4.79 Å². The molecule has 0 saturated carbocycles. The third kappa shape index (κ3) is 3.96. The summed E-state index contributed by atoms with van der Waals surface area (Å²) in [5.74, 6) is 0. The lowest BCUT2D eigenvalue weighted by Crippen LogP contribution is -2.39. The zero-order valence-corrected chi connectivity index (χ0v) is 14.2.